The van der Waals surface area contributed by atoms with Gasteiger partial charge in [0.05, 0.1) is 0 Å². The van der Waals surface area contributed by atoms with E-state index in [1.54, 1.807) is 0 Å². The molecule has 0 atom stereocenters. The van der Waals surface area contributed by atoms with Crippen LogP contribution in [0.3, 0.4) is 0 Å². The van der Waals surface area contributed by atoms with E-state index in [2.05, 4.69) is 4.94 Å². The summed E-state index contributed by atoms with van der Waals surface area (Å²) in [6.45, 7) is 0. The Labute approximate surface area is 71.5 Å². The fraction of sp³-hybridized carbons (Fsp3) is 0.833. The van der Waals surface area contributed by atoms with Crippen LogP contribution in [0, 0.1) is 0 Å². The minimum atomic E-state index is -3.93. The van der Waals surface area contributed by atoms with Gasteiger partial charge in [0.2, 0.25) is 0 Å². The van der Waals surface area contributed by atoms with Gasteiger partial charge in [-0.15, -0.1) is 11.6 Å². The monoisotopic (exact) mass is 202 g/mol. The topological polar surface area (TPSA) is 26.3 Å². The highest BCUT2D eigenvalue weighted by Gasteiger charge is 2.62. The van der Waals surface area contributed by atoms with Crippen LogP contribution in [-0.4, -0.2) is 16.8 Å². The maximum atomic E-state index is 12.8. The Bertz CT molecular complexity index is 203. The molecule has 0 N–H and O–H groups in total. The van der Waals surface area contributed by atoms with Crippen molar-refractivity contribution >= 4 is 17.6 Å². The van der Waals surface area contributed by atoms with Crippen LogP contribution < -0.4 is 0 Å². The third-order valence-corrected chi connectivity index (χ3v) is 2.65. The van der Waals surface area contributed by atoms with Crippen molar-refractivity contribution in [2.75, 3.05) is 0 Å². The van der Waals surface area contributed by atoms with Gasteiger partial charge in [-0.2, -0.15) is 8.78 Å². The second kappa shape index (κ2) is 2.80. The molecule has 1 aliphatic carbocycles. The summed E-state index contributed by atoms with van der Waals surface area (Å²) in [7, 11) is 0. The van der Waals surface area contributed by atoms with Crippen molar-refractivity contribution in [2.45, 2.75) is 30.1 Å². The van der Waals surface area contributed by atoms with E-state index in [0.29, 0.717) is 6.42 Å². The molecule has 0 aromatic heterocycles. The normalized spacial score (nSPS) is 21.3. The summed E-state index contributed by atoms with van der Waals surface area (Å²) in [5.74, 6) is -6.14. The van der Waals surface area contributed by atoms with E-state index < -0.39 is 16.8 Å². The van der Waals surface area contributed by atoms with E-state index >= 15 is 0 Å². The molecule has 0 radical (unpaired) electrons. The summed E-state index contributed by atoms with van der Waals surface area (Å²) in [6, 6.07) is 0. The first-order valence-electron chi connectivity index (χ1n) is 3.34. The highest BCUT2D eigenvalue weighted by molar-refractivity contribution is 6.26. The Kier molecular flexibility index (Phi) is 2.25. The zero-order valence-corrected chi connectivity index (χ0v) is 6.71. The largest absolute Gasteiger partial charge is 0.419 e. The zero-order valence-electron chi connectivity index (χ0n) is 5.95. The van der Waals surface area contributed by atoms with E-state index in [-0.39, 0.29) is 12.8 Å². The van der Waals surface area contributed by atoms with Crippen LogP contribution in [0.2, 0.25) is 0 Å². The summed E-state index contributed by atoms with van der Waals surface area (Å²) < 4.78 is 36.8. The molecule has 1 fully saturated rings. The Hall–Kier alpha value is -0.450. The van der Waals surface area contributed by atoms with Crippen LogP contribution in [0.5, 0.6) is 0 Å². The molecule has 0 saturated heterocycles. The molecule has 0 aromatic rings. The summed E-state index contributed by atoms with van der Waals surface area (Å²) in [5.41, 5.74) is 0. The number of alkyl halides is 3. The Morgan fingerprint density at radius 2 is 2.00 bits per heavy atom. The summed E-state index contributed by atoms with van der Waals surface area (Å²) in [5, 5.41) is 0. The van der Waals surface area contributed by atoms with Crippen LogP contribution in [-0.2, 0) is 9.74 Å². The van der Waals surface area contributed by atoms with Gasteiger partial charge in [-0.25, -0.2) is 9.74 Å². The van der Waals surface area contributed by atoms with Gasteiger partial charge in [0.1, 0.15) is 4.87 Å². The Morgan fingerprint density at radius 1 is 1.50 bits per heavy atom. The highest BCUT2D eigenvalue weighted by atomic mass is 35.5. The molecule has 1 saturated carbocycles. The number of carbonyl (C=O) groups excluding carboxylic acids is 1. The lowest BCUT2D eigenvalue weighted by Gasteiger charge is -2.39. The third kappa shape index (κ3) is 1.16. The quantitative estimate of drug-likeness (QED) is 0.642. The molecule has 6 heteroatoms. The van der Waals surface area contributed by atoms with Gasteiger partial charge in [-0.3, -0.25) is 0 Å². The molecule has 70 valence electrons. The van der Waals surface area contributed by atoms with Crippen LogP contribution in [0.15, 0.2) is 0 Å². The van der Waals surface area contributed by atoms with Gasteiger partial charge in [0.25, 0.3) is 0 Å². The number of hydrogen-bond acceptors (Lipinski definition) is 2. The zero-order chi connectivity index (χ0) is 9.41. The van der Waals surface area contributed by atoms with E-state index in [1.165, 1.54) is 0 Å². The maximum absolute atomic E-state index is 12.8. The SMILES string of the molecule is O=C(OF)C(F)(F)C1(Cl)CCC1. The van der Waals surface area contributed by atoms with Crippen LogP contribution in [0.25, 0.3) is 0 Å². The van der Waals surface area contributed by atoms with Gasteiger partial charge in [0.15, 0.2) is 0 Å². The molecular formula is C6H6ClF3O2. The number of halogens is 4. The van der Waals surface area contributed by atoms with Gasteiger partial charge in [-0.05, 0) is 19.3 Å². The maximum Gasteiger partial charge on any atom is 0.419 e. The predicted octanol–water partition coefficient (Wildman–Crippen LogP) is 2.21. The average Bonchev–Trinajstić information content (AvgIpc) is 1.98. The lowest BCUT2D eigenvalue weighted by Crippen LogP contribution is -2.53. The highest BCUT2D eigenvalue weighted by Crippen LogP contribution is 2.50. The van der Waals surface area contributed by atoms with Gasteiger partial charge >= 0.3 is 11.9 Å². The fourth-order valence-electron chi connectivity index (χ4n) is 1.03. The summed E-state index contributed by atoms with van der Waals surface area (Å²) >= 11 is 5.36. The molecule has 0 aromatic carbocycles. The van der Waals surface area contributed by atoms with Crippen molar-refractivity contribution in [3.8, 4) is 0 Å². The minimum absolute atomic E-state index is 0.00332. The van der Waals surface area contributed by atoms with Crippen molar-refractivity contribution in [2.24, 2.45) is 0 Å². The smallest absolute Gasteiger partial charge is 0.248 e. The summed E-state index contributed by atoms with van der Waals surface area (Å²) in [6.07, 6.45) is 0.506. The first kappa shape index (κ1) is 9.64. The standard InChI is InChI=1S/C6H6ClF3O2/c7-5(2-1-3-5)6(8,9)4(11)12-10/h1-3H2. The van der Waals surface area contributed by atoms with Crippen molar-refractivity contribution in [1.82, 2.24) is 0 Å². The molecule has 12 heavy (non-hydrogen) atoms. The molecular weight excluding hydrogens is 197 g/mol. The predicted molar refractivity (Wildman–Crippen MR) is 34.6 cm³/mol. The summed E-state index contributed by atoms with van der Waals surface area (Å²) in [4.78, 5) is 10.8. The van der Waals surface area contributed by atoms with E-state index in [4.69, 9.17) is 11.6 Å². The van der Waals surface area contributed by atoms with Gasteiger partial charge < -0.3 is 0 Å². The Balaban J connectivity index is 2.76. The second-order valence-electron chi connectivity index (χ2n) is 2.76. The average molecular weight is 203 g/mol. The van der Waals surface area contributed by atoms with Crippen molar-refractivity contribution < 1.29 is 23.0 Å². The van der Waals surface area contributed by atoms with E-state index in [9.17, 15) is 18.1 Å². The van der Waals surface area contributed by atoms with Crippen molar-refractivity contribution in [1.29, 1.82) is 0 Å². The first-order valence-corrected chi connectivity index (χ1v) is 3.71. The first-order chi connectivity index (χ1) is 5.44. The molecule has 0 spiro atoms. The molecule has 0 unspecified atom stereocenters. The molecule has 0 amide bonds. The molecule has 0 bridgehead atoms. The lowest BCUT2D eigenvalue weighted by molar-refractivity contribution is -0.219. The van der Waals surface area contributed by atoms with Crippen molar-refractivity contribution in [3.63, 3.8) is 0 Å². The van der Waals surface area contributed by atoms with Crippen LogP contribution in [0.4, 0.5) is 13.3 Å². The molecule has 1 rings (SSSR count). The lowest BCUT2D eigenvalue weighted by atomic mass is 9.79. The number of carbonyl (C=O) groups is 1. The molecule has 0 aliphatic heterocycles. The fourth-order valence-corrected chi connectivity index (χ4v) is 1.38. The van der Waals surface area contributed by atoms with E-state index in [1.807, 2.05) is 0 Å². The minimum Gasteiger partial charge on any atom is -0.248 e. The molecule has 0 heterocycles. The van der Waals surface area contributed by atoms with Gasteiger partial charge in [-0.1, -0.05) is 0 Å². The van der Waals surface area contributed by atoms with E-state index in [0.717, 1.165) is 0 Å². The molecule has 2 nitrogen and oxygen atoms in total. The van der Waals surface area contributed by atoms with Crippen LogP contribution >= 0.6 is 11.6 Å². The van der Waals surface area contributed by atoms with Crippen LogP contribution in [0.1, 0.15) is 19.3 Å². The number of rotatable bonds is 2. The molecule has 1 aliphatic rings. The van der Waals surface area contributed by atoms with Crippen molar-refractivity contribution in [3.05, 3.63) is 0 Å². The number of hydrogen-bond donors (Lipinski definition) is 0. The Morgan fingerprint density at radius 3 is 2.25 bits per heavy atom. The van der Waals surface area contributed by atoms with Gasteiger partial charge in [0, 0.05) is 4.53 Å². The third-order valence-electron chi connectivity index (χ3n) is 2.04. The second-order valence-corrected chi connectivity index (χ2v) is 3.48.